The summed E-state index contributed by atoms with van der Waals surface area (Å²) in [5, 5.41) is 10.8. The molecule has 6 N–H and O–H groups in total. The van der Waals surface area contributed by atoms with Crippen LogP contribution in [-0.2, 0) is 54.2 Å². The van der Waals surface area contributed by atoms with Gasteiger partial charge in [-0.15, -0.1) is 5.10 Å². The van der Waals surface area contributed by atoms with Crippen molar-refractivity contribution < 1.29 is 42.0 Å². The number of phosphoric acid groups is 1. The number of phosphoric ester groups is 1. The number of esters is 1. The van der Waals surface area contributed by atoms with E-state index in [0.29, 0.717) is 16.8 Å². The molecule has 0 bridgehead atoms. The van der Waals surface area contributed by atoms with Crippen LogP contribution in [0, 0.1) is 5.92 Å². The Labute approximate surface area is 352 Å². The van der Waals surface area contributed by atoms with Crippen LogP contribution in [-0.4, -0.2) is 54.5 Å². The standard InChI is InChI=1S/C43H47N8O9P/c1-46-42(53)35-24-51(38(48-41(52)32-21-22-32)23-37(35)47-36-16-10-15-34(39(36)56-3)40(44)49-50(2)45)28-57-43(54)33-19-17-31(18-20-33)27-60-61(55,58-25-29-11-6-4-7-12-29)59-26-30-13-8-5-9-14-30/h4-20,23-24,32H,21-22,25-28,45H2,1-3H3,(H2,44,49)(H,46,53)(H,48,52). The maximum atomic E-state index is 13.7. The molecule has 1 aromatic heterocycles. The molecule has 0 atom stereocenters. The lowest BCUT2D eigenvalue weighted by Crippen LogP contribution is -2.29. The molecule has 17 nitrogen and oxygen atoms in total. The number of anilines is 1. The molecule has 18 heteroatoms. The van der Waals surface area contributed by atoms with Crippen molar-refractivity contribution in [3.63, 3.8) is 0 Å². The molecule has 5 aromatic rings. The van der Waals surface area contributed by atoms with Gasteiger partial charge in [0.2, 0.25) is 5.91 Å². The van der Waals surface area contributed by atoms with E-state index in [1.54, 1.807) is 30.3 Å². The second kappa shape index (κ2) is 20.6. The maximum Gasteiger partial charge on any atom is 0.475 e. The van der Waals surface area contributed by atoms with Gasteiger partial charge < -0.3 is 25.8 Å². The van der Waals surface area contributed by atoms with Crippen molar-refractivity contribution >= 4 is 42.9 Å². The third kappa shape index (κ3) is 12.2. The van der Waals surface area contributed by atoms with Crippen LogP contribution >= 0.6 is 7.82 Å². The third-order valence-corrected chi connectivity index (χ3v) is 10.5. The number of benzene rings is 4. The zero-order valence-electron chi connectivity index (χ0n) is 33.9. The second-order valence-corrected chi connectivity index (χ2v) is 15.5. The number of nitrogens with two attached hydrogens (primary N) is 2. The van der Waals surface area contributed by atoms with Crippen molar-refractivity contribution in [2.45, 2.75) is 39.4 Å². The summed E-state index contributed by atoms with van der Waals surface area (Å²) in [5.41, 5.74) is 9.36. The van der Waals surface area contributed by atoms with Gasteiger partial charge in [0.25, 0.3) is 5.91 Å². The van der Waals surface area contributed by atoms with Crippen molar-refractivity contribution in [1.82, 2.24) is 15.0 Å². The summed E-state index contributed by atoms with van der Waals surface area (Å²) in [7, 11) is 0.375. The fourth-order valence-corrected chi connectivity index (χ4v) is 6.97. The molecule has 0 spiro atoms. The highest BCUT2D eigenvalue weighted by Crippen LogP contribution is 2.51. The number of carbonyl (C=O) groups is 3. The van der Waals surface area contributed by atoms with Crippen LogP contribution in [0.2, 0.25) is 0 Å². The van der Waals surface area contributed by atoms with Crippen molar-refractivity contribution in [2.24, 2.45) is 27.6 Å². The molecule has 1 fully saturated rings. The van der Waals surface area contributed by atoms with Crippen LogP contribution in [0.1, 0.15) is 55.8 Å². The molecule has 1 aliphatic rings. The van der Waals surface area contributed by atoms with Gasteiger partial charge in [0, 0.05) is 32.3 Å². The highest BCUT2D eigenvalue weighted by Gasteiger charge is 2.31. The Morgan fingerprint density at radius 1 is 0.836 bits per heavy atom. The molecule has 0 aliphatic heterocycles. The number of ether oxygens (including phenoxy) is 2. The molecule has 0 unspecified atom stereocenters. The number of hydrazine groups is 1. The lowest BCUT2D eigenvalue weighted by molar-refractivity contribution is -0.117. The maximum absolute atomic E-state index is 13.7. The number of aromatic nitrogens is 1. The number of hydrazone groups is 1. The molecule has 4 aromatic carbocycles. The Balaban J connectivity index is 1.20. The van der Waals surface area contributed by atoms with E-state index in [1.807, 2.05) is 60.7 Å². The zero-order chi connectivity index (χ0) is 43.4. The number of amidine groups is 1. The van der Waals surface area contributed by atoms with E-state index in [1.165, 1.54) is 50.2 Å². The lowest BCUT2D eigenvalue weighted by atomic mass is 10.1. The highest BCUT2D eigenvalue weighted by atomic mass is 31.2. The van der Waals surface area contributed by atoms with Crippen LogP contribution in [0.25, 0.3) is 0 Å². The van der Waals surface area contributed by atoms with Crippen molar-refractivity contribution in [3.05, 3.63) is 154 Å². The number of amides is 2. The van der Waals surface area contributed by atoms with Crippen LogP contribution in [0.5, 0.6) is 5.75 Å². The van der Waals surface area contributed by atoms with Gasteiger partial charge in [0.05, 0.1) is 49.0 Å². The van der Waals surface area contributed by atoms with Crippen LogP contribution in [0.3, 0.4) is 0 Å². The summed E-state index contributed by atoms with van der Waals surface area (Å²) in [5.74, 6) is 4.63. The molecular weight excluding hydrogens is 803 g/mol. The Morgan fingerprint density at radius 3 is 1.97 bits per heavy atom. The van der Waals surface area contributed by atoms with Crippen molar-refractivity contribution in [2.75, 3.05) is 26.5 Å². The minimum absolute atomic E-state index is 0.00544. The SMILES string of the molecule is CNC(=O)c1cn(COC(=O)c2ccc(COP(=O)(OCc3ccccc3)OCc3ccccc3)cc2)c(NC(=O)C2CC2)cc1=Nc1cccc(/C(N)=N/N(C)N)c1OC. The Hall–Kier alpha value is -6.62. The number of hydrogen-bond donors (Lipinski definition) is 4. The molecule has 1 saturated carbocycles. The van der Waals surface area contributed by atoms with Gasteiger partial charge in [0.15, 0.2) is 18.3 Å². The molecule has 318 valence electrons. The van der Waals surface area contributed by atoms with Crippen LogP contribution in [0.4, 0.5) is 11.5 Å². The lowest BCUT2D eigenvalue weighted by Gasteiger charge is -2.18. The molecule has 2 amide bonds. The van der Waals surface area contributed by atoms with Gasteiger partial charge in [-0.3, -0.25) is 27.7 Å². The Bertz CT molecular complexity index is 2430. The Kier molecular flexibility index (Phi) is 14.8. The van der Waals surface area contributed by atoms with E-state index in [2.05, 4.69) is 15.7 Å². The number of nitrogens with zero attached hydrogens (tertiary/aromatic N) is 4. The normalized spacial score (nSPS) is 13.0. The molecule has 1 aliphatic carbocycles. The number of pyridine rings is 1. The molecule has 1 heterocycles. The Morgan fingerprint density at radius 2 is 1.43 bits per heavy atom. The first kappa shape index (κ1) is 43.9. The van der Waals surface area contributed by atoms with E-state index in [4.69, 9.17) is 39.6 Å². The third-order valence-electron chi connectivity index (χ3n) is 9.17. The van der Waals surface area contributed by atoms with E-state index < -0.39 is 19.7 Å². The van der Waals surface area contributed by atoms with Gasteiger partial charge in [-0.1, -0.05) is 78.9 Å². The molecule has 61 heavy (non-hydrogen) atoms. The quantitative estimate of drug-likeness (QED) is 0.0195. The average Bonchev–Trinajstić information content (AvgIpc) is 4.13. The van der Waals surface area contributed by atoms with Gasteiger partial charge in [0.1, 0.15) is 11.5 Å². The topological polar surface area (TPSA) is 223 Å². The molecule has 6 rings (SSSR count). The van der Waals surface area contributed by atoms with Gasteiger partial charge in [-0.25, -0.2) is 25.3 Å². The molecular formula is C43H47N8O9P. The first-order valence-corrected chi connectivity index (χ1v) is 20.6. The summed E-state index contributed by atoms with van der Waals surface area (Å²) in [4.78, 5) is 44.4. The minimum Gasteiger partial charge on any atom is -0.494 e. The number of para-hydroxylation sites is 1. The minimum atomic E-state index is -4.04. The summed E-state index contributed by atoms with van der Waals surface area (Å²) in [6.45, 7) is -0.512. The van der Waals surface area contributed by atoms with E-state index in [9.17, 15) is 18.9 Å². The number of carbonyl (C=O) groups excluding carboxylic acids is 3. The smallest absolute Gasteiger partial charge is 0.475 e. The fourth-order valence-electron chi connectivity index (χ4n) is 5.82. The van der Waals surface area contributed by atoms with E-state index in [0.717, 1.165) is 29.1 Å². The number of methoxy groups -OCH3 is 1. The van der Waals surface area contributed by atoms with Crippen molar-refractivity contribution in [1.29, 1.82) is 0 Å². The van der Waals surface area contributed by atoms with Gasteiger partial charge in [-0.2, -0.15) is 0 Å². The molecule has 0 radical (unpaired) electrons. The van der Waals surface area contributed by atoms with Gasteiger partial charge in [-0.05, 0) is 53.8 Å². The van der Waals surface area contributed by atoms with E-state index in [-0.39, 0.29) is 72.3 Å². The van der Waals surface area contributed by atoms with Gasteiger partial charge >= 0.3 is 13.8 Å². The zero-order valence-corrected chi connectivity index (χ0v) is 34.7. The van der Waals surface area contributed by atoms with Crippen LogP contribution < -0.4 is 32.3 Å². The first-order chi connectivity index (χ1) is 29.4. The first-order valence-electron chi connectivity index (χ1n) is 19.1. The average molecular weight is 851 g/mol. The number of rotatable bonds is 19. The predicted octanol–water partition coefficient (Wildman–Crippen LogP) is 5.74. The summed E-state index contributed by atoms with van der Waals surface area (Å²) in [6, 6.07) is 31.3. The fraction of sp³-hybridized carbons (Fsp3) is 0.233. The second-order valence-electron chi connectivity index (χ2n) is 13.8. The number of nitrogens with one attached hydrogen (secondary N) is 2. The largest absolute Gasteiger partial charge is 0.494 e. The number of hydrogen-bond acceptors (Lipinski definition) is 13. The van der Waals surface area contributed by atoms with Crippen LogP contribution in [0.15, 0.2) is 125 Å². The summed E-state index contributed by atoms with van der Waals surface area (Å²) < 4.78 is 43.7. The summed E-state index contributed by atoms with van der Waals surface area (Å²) in [6.07, 6.45) is 2.90. The van der Waals surface area contributed by atoms with E-state index >= 15 is 0 Å². The predicted molar refractivity (Wildman–Crippen MR) is 227 cm³/mol. The highest BCUT2D eigenvalue weighted by molar-refractivity contribution is 7.48. The monoisotopic (exact) mass is 850 g/mol. The molecule has 0 saturated heterocycles. The van der Waals surface area contributed by atoms with Crippen molar-refractivity contribution in [3.8, 4) is 5.75 Å². The summed E-state index contributed by atoms with van der Waals surface area (Å²) >= 11 is 0.